The lowest BCUT2D eigenvalue weighted by atomic mass is 9.38. The van der Waals surface area contributed by atoms with Crippen LogP contribution in [0.4, 0.5) is 17.6 Å². The minimum Gasteiger partial charge on any atom is -0.486 e. The largest absolute Gasteiger partial charge is 0.486 e. The Balaban J connectivity index is 1.24. The number of furan rings is 1. The van der Waals surface area contributed by atoms with Crippen molar-refractivity contribution >= 4 is 23.3 Å². The molecule has 0 radical (unpaired) electrons. The highest BCUT2D eigenvalue weighted by atomic mass is 35.5. The number of ether oxygens (including phenoxy) is 1. The minimum absolute atomic E-state index is 0.0417. The Morgan fingerprint density at radius 1 is 1.20 bits per heavy atom. The second kappa shape index (κ2) is 7.01. The quantitative estimate of drug-likeness (QED) is 0.623. The summed E-state index contributed by atoms with van der Waals surface area (Å²) < 4.78 is 60.8. The summed E-state index contributed by atoms with van der Waals surface area (Å²) in [7, 11) is 0. The lowest BCUT2D eigenvalue weighted by molar-refractivity contribution is -0.162. The Labute approximate surface area is 173 Å². The van der Waals surface area contributed by atoms with Crippen LogP contribution < -0.4 is 10.1 Å². The summed E-state index contributed by atoms with van der Waals surface area (Å²) in [6.45, 7) is -0.211. The maximum atomic E-state index is 13.4. The zero-order valence-electron chi connectivity index (χ0n) is 15.4. The molecular weight excluding hydrogens is 430 g/mol. The zero-order chi connectivity index (χ0) is 21.7. The number of amides is 1. The summed E-state index contributed by atoms with van der Waals surface area (Å²) in [5.74, 6) is -2.46. The average molecular weight is 446 g/mol. The SMILES string of the molecule is O=C(COc1ccc(Cl)c(F)c1)CC12CC(NC(=O)c3coc(C(F)(F)F)c3)(C1)C2. The van der Waals surface area contributed by atoms with Crippen molar-refractivity contribution < 1.29 is 36.3 Å². The smallest absolute Gasteiger partial charge is 0.449 e. The molecule has 3 aliphatic rings. The van der Waals surface area contributed by atoms with Crippen LogP contribution in [0.1, 0.15) is 41.8 Å². The average Bonchev–Trinajstić information content (AvgIpc) is 3.10. The van der Waals surface area contributed by atoms with Gasteiger partial charge in [0.25, 0.3) is 5.91 Å². The fraction of sp³-hybridized carbons (Fsp3) is 0.400. The second-order valence-corrected chi connectivity index (χ2v) is 8.45. The molecule has 2 aromatic rings. The number of rotatable bonds is 7. The highest BCUT2D eigenvalue weighted by Gasteiger charge is 2.68. The van der Waals surface area contributed by atoms with Gasteiger partial charge in [0.2, 0.25) is 5.76 Å². The third-order valence-corrected chi connectivity index (χ3v) is 5.83. The molecule has 0 atom stereocenters. The van der Waals surface area contributed by atoms with Crippen LogP contribution in [0.25, 0.3) is 0 Å². The summed E-state index contributed by atoms with van der Waals surface area (Å²) in [5.41, 5.74) is -0.916. The first kappa shape index (κ1) is 20.7. The van der Waals surface area contributed by atoms with Gasteiger partial charge in [0.1, 0.15) is 24.4 Å². The number of Topliss-reactive ketones (excluding diaryl/α,β-unsaturated/α-hetero) is 1. The third-order valence-electron chi connectivity index (χ3n) is 5.52. The van der Waals surface area contributed by atoms with Gasteiger partial charge >= 0.3 is 6.18 Å². The monoisotopic (exact) mass is 445 g/mol. The molecule has 5 nitrogen and oxygen atoms in total. The van der Waals surface area contributed by atoms with Crippen LogP contribution in [0.3, 0.4) is 0 Å². The highest BCUT2D eigenvalue weighted by Crippen LogP contribution is 2.69. The lowest BCUT2D eigenvalue weighted by Gasteiger charge is -2.70. The van der Waals surface area contributed by atoms with Gasteiger partial charge in [0.05, 0.1) is 10.6 Å². The van der Waals surface area contributed by atoms with E-state index < -0.39 is 29.2 Å². The third kappa shape index (κ3) is 3.90. The molecule has 3 fully saturated rings. The van der Waals surface area contributed by atoms with Crippen molar-refractivity contribution in [2.45, 2.75) is 37.4 Å². The maximum absolute atomic E-state index is 13.4. The van der Waals surface area contributed by atoms with Gasteiger partial charge in [-0.1, -0.05) is 11.6 Å². The molecule has 1 amide bonds. The Morgan fingerprint density at radius 2 is 1.90 bits per heavy atom. The van der Waals surface area contributed by atoms with Gasteiger partial charge in [0, 0.05) is 24.1 Å². The van der Waals surface area contributed by atoms with E-state index >= 15 is 0 Å². The summed E-state index contributed by atoms with van der Waals surface area (Å²) in [4.78, 5) is 24.4. The number of hydrogen-bond donors (Lipinski definition) is 1. The predicted octanol–water partition coefficient (Wildman–Crippen LogP) is 4.78. The molecule has 0 unspecified atom stereocenters. The molecule has 1 aromatic heterocycles. The van der Waals surface area contributed by atoms with Crippen LogP contribution in [-0.4, -0.2) is 23.8 Å². The normalized spacial score (nSPS) is 24.6. The molecule has 30 heavy (non-hydrogen) atoms. The first-order chi connectivity index (χ1) is 14.0. The molecule has 10 heteroatoms. The van der Waals surface area contributed by atoms with E-state index in [0.29, 0.717) is 25.3 Å². The minimum atomic E-state index is -4.65. The number of ketones is 1. The molecule has 0 aliphatic heterocycles. The Kier molecular flexibility index (Phi) is 4.84. The maximum Gasteiger partial charge on any atom is 0.449 e. The highest BCUT2D eigenvalue weighted by molar-refractivity contribution is 6.30. The second-order valence-electron chi connectivity index (χ2n) is 8.04. The molecule has 3 saturated carbocycles. The van der Waals surface area contributed by atoms with E-state index in [0.717, 1.165) is 12.3 Å². The summed E-state index contributed by atoms with van der Waals surface area (Å²) in [6.07, 6.45) is -1.92. The predicted molar refractivity (Wildman–Crippen MR) is 96.7 cm³/mol. The number of hydrogen-bond acceptors (Lipinski definition) is 4. The molecule has 3 aliphatic carbocycles. The molecule has 0 spiro atoms. The number of halogens is 5. The number of nitrogens with one attached hydrogen (secondary N) is 1. The Hall–Kier alpha value is -2.55. The molecule has 1 N–H and O–H groups in total. The summed E-state index contributed by atoms with van der Waals surface area (Å²) in [6, 6.07) is 4.56. The van der Waals surface area contributed by atoms with Crippen molar-refractivity contribution in [2.75, 3.05) is 6.61 Å². The van der Waals surface area contributed by atoms with Crippen LogP contribution in [-0.2, 0) is 11.0 Å². The Bertz CT molecular complexity index is 997. The van der Waals surface area contributed by atoms with E-state index in [-0.39, 0.29) is 40.6 Å². The van der Waals surface area contributed by atoms with E-state index in [9.17, 15) is 27.2 Å². The number of carbonyl (C=O) groups is 2. The van der Waals surface area contributed by atoms with E-state index in [2.05, 4.69) is 9.73 Å². The molecule has 0 saturated heterocycles. The molecule has 5 rings (SSSR count). The van der Waals surface area contributed by atoms with Gasteiger partial charge in [-0.3, -0.25) is 9.59 Å². The lowest BCUT2D eigenvalue weighted by Crippen LogP contribution is -2.75. The van der Waals surface area contributed by atoms with Crippen molar-refractivity contribution in [1.82, 2.24) is 5.32 Å². The van der Waals surface area contributed by atoms with E-state index in [1.165, 1.54) is 12.1 Å². The number of carbonyl (C=O) groups excluding carboxylic acids is 2. The number of benzene rings is 1. The van der Waals surface area contributed by atoms with Crippen LogP contribution >= 0.6 is 11.6 Å². The van der Waals surface area contributed by atoms with Crippen LogP contribution in [0.5, 0.6) is 5.75 Å². The summed E-state index contributed by atoms with van der Waals surface area (Å²) in [5, 5.41) is 2.70. The fourth-order valence-electron chi connectivity index (χ4n) is 4.43. The van der Waals surface area contributed by atoms with Gasteiger partial charge < -0.3 is 14.5 Å². The molecular formula is C20H16ClF4NO4. The molecule has 2 bridgehead atoms. The van der Waals surface area contributed by atoms with Crippen LogP contribution in [0.2, 0.25) is 5.02 Å². The van der Waals surface area contributed by atoms with Crippen molar-refractivity contribution in [3.05, 3.63) is 52.7 Å². The van der Waals surface area contributed by atoms with Gasteiger partial charge in [-0.05, 0) is 36.8 Å². The topological polar surface area (TPSA) is 68.5 Å². The van der Waals surface area contributed by atoms with E-state index in [4.69, 9.17) is 16.3 Å². The van der Waals surface area contributed by atoms with Gasteiger partial charge in [-0.15, -0.1) is 0 Å². The summed E-state index contributed by atoms with van der Waals surface area (Å²) >= 11 is 5.59. The zero-order valence-corrected chi connectivity index (χ0v) is 16.2. The first-order valence-corrected chi connectivity index (χ1v) is 9.45. The van der Waals surface area contributed by atoms with Crippen molar-refractivity contribution in [3.63, 3.8) is 0 Å². The van der Waals surface area contributed by atoms with Gasteiger partial charge in [0.15, 0.2) is 5.78 Å². The molecule has 1 aromatic carbocycles. The fourth-order valence-corrected chi connectivity index (χ4v) is 4.55. The van der Waals surface area contributed by atoms with Crippen molar-refractivity contribution in [3.8, 4) is 5.75 Å². The van der Waals surface area contributed by atoms with E-state index in [1.807, 2.05) is 0 Å². The Morgan fingerprint density at radius 3 is 2.50 bits per heavy atom. The first-order valence-electron chi connectivity index (χ1n) is 9.07. The van der Waals surface area contributed by atoms with Crippen molar-refractivity contribution in [1.29, 1.82) is 0 Å². The van der Waals surface area contributed by atoms with E-state index in [1.54, 1.807) is 0 Å². The standard InChI is InChI=1S/C20H16ClF4NO4/c21-14-2-1-13(4-15(14)22)29-7-12(27)5-18-8-19(9-18,10-18)26-17(28)11-3-16(30-6-11)20(23,24)25/h1-4,6H,5,7-10H2,(H,26,28). The molecule has 1 heterocycles. The van der Waals surface area contributed by atoms with Gasteiger partial charge in [-0.2, -0.15) is 13.2 Å². The molecule has 160 valence electrons. The van der Waals surface area contributed by atoms with Gasteiger partial charge in [-0.25, -0.2) is 4.39 Å². The van der Waals surface area contributed by atoms with Crippen LogP contribution in [0, 0.1) is 11.2 Å². The number of alkyl halides is 3. The van der Waals surface area contributed by atoms with Crippen LogP contribution in [0.15, 0.2) is 34.9 Å². The van der Waals surface area contributed by atoms with Crippen molar-refractivity contribution in [2.24, 2.45) is 5.41 Å².